The van der Waals surface area contributed by atoms with Crippen molar-refractivity contribution in [3.63, 3.8) is 0 Å². The van der Waals surface area contributed by atoms with Crippen molar-refractivity contribution in [3.05, 3.63) is 71.3 Å². The quantitative estimate of drug-likeness (QED) is 0.847. The number of hydrogen-bond acceptors (Lipinski definition) is 3. The van der Waals surface area contributed by atoms with Gasteiger partial charge in [-0.25, -0.2) is 4.79 Å². The van der Waals surface area contributed by atoms with Gasteiger partial charge in [0, 0.05) is 18.7 Å². The van der Waals surface area contributed by atoms with Gasteiger partial charge < -0.3 is 14.7 Å². The molecule has 0 unspecified atom stereocenters. The standard InChI is InChI=1S/C23H25NO4/c1-16-4-6-19(7-5-16)21(25)24-14-12-18(13-15-24)17-8-10-20(11-9-17)28-23(2,3)22(26)27/h4-12H,13-15H2,1-3H3,(H,26,27). The number of aliphatic carboxylic acids is 1. The van der Waals surface area contributed by atoms with E-state index in [1.807, 2.05) is 48.2 Å². The van der Waals surface area contributed by atoms with E-state index in [2.05, 4.69) is 6.08 Å². The summed E-state index contributed by atoms with van der Waals surface area (Å²) in [6.07, 6.45) is 2.85. The van der Waals surface area contributed by atoms with E-state index in [0.717, 1.165) is 17.5 Å². The first-order valence-electron chi connectivity index (χ1n) is 9.34. The molecule has 146 valence electrons. The van der Waals surface area contributed by atoms with Crippen LogP contribution in [0.2, 0.25) is 0 Å². The van der Waals surface area contributed by atoms with Gasteiger partial charge in [-0.3, -0.25) is 4.79 Å². The van der Waals surface area contributed by atoms with Gasteiger partial charge in [0.1, 0.15) is 5.75 Å². The minimum Gasteiger partial charge on any atom is -0.478 e. The highest BCUT2D eigenvalue weighted by atomic mass is 16.5. The average molecular weight is 379 g/mol. The molecule has 1 N–H and O–H groups in total. The predicted octanol–water partition coefficient (Wildman–Crippen LogP) is 4.17. The summed E-state index contributed by atoms with van der Waals surface area (Å²) in [4.78, 5) is 25.6. The predicted molar refractivity (Wildman–Crippen MR) is 108 cm³/mol. The van der Waals surface area contributed by atoms with E-state index in [9.17, 15) is 9.59 Å². The normalized spacial score (nSPS) is 14.4. The lowest BCUT2D eigenvalue weighted by molar-refractivity contribution is -0.152. The molecule has 28 heavy (non-hydrogen) atoms. The summed E-state index contributed by atoms with van der Waals surface area (Å²) in [5.41, 5.74) is 2.81. The van der Waals surface area contributed by atoms with Crippen molar-refractivity contribution in [1.82, 2.24) is 4.90 Å². The highest BCUT2D eigenvalue weighted by Gasteiger charge is 2.29. The smallest absolute Gasteiger partial charge is 0.347 e. The van der Waals surface area contributed by atoms with Gasteiger partial charge in [-0.05, 0) is 62.6 Å². The fraction of sp³-hybridized carbons (Fsp3) is 0.304. The van der Waals surface area contributed by atoms with Crippen LogP contribution >= 0.6 is 0 Å². The minimum atomic E-state index is -1.28. The van der Waals surface area contributed by atoms with Gasteiger partial charge in [-0.2, -0.15) is 0 Å². The summed E-state index contributed by atoms with van der Waals surface area (Å²) >= 11 is 0. The van der Waals surface area contributed by atoms with Crippen LogP contribution < -0.4 is 4.74 Å². The number of carbonyl (C=O) groups excluding carboxylic acids is 1. The first-order valence-corrected chi connectivity index (χ1v) is 9.34. The Morgan fingerprint density at radius 2 is 1.68 bits per heavy atom. The van der Waals surface area contributed by atoms with E-state index in [1.54, 1.807) is 12.1 Å². The summed E-state index contributed by atoms with van der Waals surface area (Å²) in [6.45, 7) is 6.29. The number of carboxylic acid groups (broad SMARTS) is 1. The lowest BCUT2D eigenvalue weighted by Crippen LogP contribution is -2.37. The zero-order valence-corrected chi connectivity index (χ0v) is 16.4. The fourth-order valence-electron chi connectivity index (χ4n) is 3.07. The van der Waals surface area contributed by atoms with E-state index in [1.165, 1.54) is 19.4 Å². The van der Waals surface area contributed by atoms with E-state index in [4.69, 9.17) is 9.84 Å². The molecule has 0 saturated heterocycles. The van der Waals surface area contributed by atoms with Crippen molar-refractivity contribution in [2.45, 2.75) is 32.8 Å². The molecule has 0 spiro atoms. The van der Waals surface area contributed by atoms with Crippen LogP contribution in [-0.4, -0.2) is 40.6 Å². The van der Waals surface area contributed by atoms with Gasteiger partial charge >= 0.3 is 5.97 Å². The highest BCUT2D eigenvalue weighted by Crippen LogP contribution is 2.26. The molecule has 0 radical (unpaired) electrons. The van der Waals surface area contributed by atoms with Crippen LogP contribution in [0.25, 0.3) is 5.57 Å². The Hall–Kier alpha value is -3.08. The number of aryl methyl sites for hydroxylation is 1. The summed E-state index contributed by atoms with van der Waals surface area (Å²) in [5, 5.41) is 9.16. The lowest BCUT2D eigenvalue weighted by Gasteiger charge is -2.27. The zero-order valence-electron chi connectivity index (χ0n) is 16.4. The molecule has 0 fully saturated rings. The van der Waals surface area contributed by atoms with E-state index < -0.39 is 11.6 Å². The number of nitrogens with zero attached hydrogens (tertiary/aromatic N) is 1. The second kappa shape index (κ2) is 7.89. The van der Waals surface area contributed by atoms with Gasteiger partial charge in [0.05, 0.1) is 0 Å². The Morgan fingerprint density at radius 1 is 1.04 bits per heavy atom. The molecule has 5 nitrogen and oxygen atoms in total. The van der Waals surface area contributed by atoms with Crippen molar-refractivity contribution < 1.29 is 19.4 Å². The van der Waals surface area contributed by atoms with Crippen LogP contribution in [0.5, 0.6) is 5.75 Å². The van der Waals surface area contributed by atoms with Crippen LogP contribution in [0.4, 0.5) is 0 Å². The molecule has 0 aliphatic carbocycles. The maximum absolute atomic E-state index is 12.6. The molecule has 1 aliphatic heterocycles. The van der Waals surface area contributed by atoms with Crippen molar-refractivity contribution in [1.29, 1.82) is 0 Å². The molecule has 0 aromatic heterocycles. The Bertz CT molecular complexity index is 895. The third kappa shape index (κ3) is 4.42. The first-order chi connectivity index (χ1) is 13.3. The first kappa shape index (κ1) is 19.7. The summed E-state index contributed by atoms with van der Waals surface area (Å²) in [5.74, 6) is -0.441. The lowest BCUT2D eigenvalue weighted by atomic mass is 9.99. The maximum atomic E-state index is 12.6. The van der Waals surface area contributed by atoms with Crippen molar-refractivity contribution in [3.8, 4) is 5.75 Å². The molecule has 1 heterocycles. The van der Waals surface area contributed by atoms with E-state index in [-0.39, 0.29) is 5.91 Å². The zero-order chi connectivity index (χ0) is 20.3. The monoisotopic (exact) mass is 379 g/mol. The molecule has 3 rings (SSSR count). The molecule has 1 aliphatic rings. The minimum absolute atomic E-state index is 0.0509. The number of carbonyl (C=O) groups is 2. The summed E-state index contributed by atoms with van der Waals surface area (Å²) in [6, 6.07) is 15.1. The second-order valence-corrected chi connectivity index (χ2v) is 7.54. The van der Waals surface area contributed by atoms with Crippen LogP contribution in [0.15, 0.2) is 54.6 Å². The van der Waals surface area contributed by atoms with Crippen molar-refractivity contribution >= 4 is 17.4 Å². The number of ether oxygens (including phenoxy) is 1. The Labute approximate surface area is 165 Å². The maximum Gasteiger partial charge on any atom is 0.347 e. The molecular weight excluding hydrogens is 354 g/mol. The van der Waals surface area contributed by atoms with Crippen LogP contribution in [0.1, 0.15) is 41.8 Å². The third-order valence-corrected chi connectivity index (χ3v) is 4.91. The highest BCUT2D eigenvalue weighted by molar-refractivity contribution is 5.94. The molecule has 5 heteroatoms. The van der Waals surface area contributed by atoms with Gasteiger partial charge in [-0.15, -0.1) is 0 Å². The van der Waals surface area contributed by atoms with Crippen LogP contribution in [0, 0.1) is 6.92 Å². The summed E-state index contributed by atoms with van der Waals surface area (Å²) < 4.78 is 5.54. The third-order valence-electron chi connectivity index (χ3n) is 4.91. The number of benzene rings is 2. The van der Waals surface area contributed by atoms with Gasteiger partial charge in [-0.1, -0.05) is 35.9 Å². The van der Waals surface area contributed by atoms with E-state index >= 15 is 0 Å². The van der Waals surface area contributed by atoms with Crippen molar-refractivity contribution in [2.24, 2.45) is 0 Å². The second-order valence-electron chi connectivity index (χ2n) is 7.54. The van der Waals surface area contributed by atoms with E-state index in [0.29, 0.717) is 24.4 Å². The van der Waals surface area contributed by atoms with Crippen LogP contribution in [0.3, 0.4) is 0 Å². The van der Waals surface area contributed by atoms with Gasteiger partial charge in [0.15, 0.2) is 5.60 Å². The molecule has 0 saturated carbocycles. The summed E-state index contributed by atoms with van der Waals surface area (Å²) in [7, 11) is 0. The molecule has 1 amide bonds. The Balaban J connectivity index is 1.65. The number of amides is 1. The number of rotatable bonds is 5. The fourth-order valence-corrected chi connectivity index (χ4v) is 3.07. The molecule has 2 aromatic rings. The van der Waals surface area contributed by atoms with Crippen LogP contribution in [-0.2, 0) is 4.79 Å². The number of carboxylic acids is 1. The van der Waals surface area contributed by atoms with Gasteiger partial charge in [0.2, 0.25) is 0 Å². The molecule has 2 aromatic carbocycles. The molecule has 0 bridgehead atoms. The largest absolute Gasteiger partial charge is 0.478 e. The molecule has 0 atom stereocenters. The average Bonchev–Trinajstić information content (AvgIpc) is 2.68. The van der Waals surface area contributed by atoms with Gasteiger partial charge in [0.25, 0.3) is 5.91 Å². The topological polar surface area (TPSA) is 66.8 Å². The SMILES string of the molecule is Cc1ccc(C(=O)N2CC=C(c3ccc(OC(C)(C)C(=O)O)cc3)CC2)cc1. The number of hydrogen-bond donors (Lipinski definition) is 1. The Morgan fingerprint density at radius 3 is 2.21 bits per heavy atom. The van der Waals surface area contributed by atoms with Crippen molar-refractivity contribution in [2.75, 3.05) is 13.1 Å². The molecular formula is C23H25NO4. The Kier molecular flexibility index (Phi) is 5.54.